The molecule has 0 atom stereocenters. The van der Waals surface area contributed by atoms with Gasteiger partial charge >= 0.3 is 268 Å². The van der Waals surface area contributed by atoms with Gasteiger partial charge in [-0.2, -0.15) is 0 Å². The van der Waals surface area contributed by atoms with E-state index >= 15 is 0 Å². The zero-order valence-electron chi connectivity index (χ0n) is 30.2. The fourth-order valence-corrected chi connectivity index (χ4v) is 157. The van der Waals surface area contributed by atoms with Gasteiger partial charge in [0.25, 0.3) is 0 Å². The minimum atomic E-state index is -2.14. The average molecular weight is 877 g/mol. The summed E-state index contributed by atoms with van der Waals surface area (Å²) in [5, 5.41) is 0. The number of rotatable bonds is 8. The van der Waals surface area contributed by atoms with Gasteiger partial charge < -0.3 is 0 Å². The van der Waals surface area contributed by atoms with Crippen LogP contribution in [0.25, 0.3) is 0 Å². The van der Waals surface area contributed by atoms with Gasteiger partial charge in [0.1, 0.15) is 0 Å². The Morgan fingerprint density at radius 3 is 0.737 bits per heavy atom. The van der Waals surface area contributed by atoms with Crippen LogP contribution in [0.1, 0.15) is 0 Å². The van der Waals surface area contributed by atoms with Gasteiger partial charge in [0, 0.05) is 0 Å². The van der Waals surface area contributed by atoms with Gasteiger partial charge in [0.15, 0.2) is 0 Å². The van der Waals surface area contributed by atoms with Gasteiger partial charge in [-0.15, -0.1) is 0 Å². The molecule has 0 aromatic heterocycles. The molecule has 0 saturated carbocycles. The third kappa shape index (κ3) is 9.58. The fraction of sp³-hybridized carbons (Fsp3) is 1.00. The van der Waals surface area contributed by atoms with E-state index < -0.39 is 106 Å². The van der Waals surface area contributed by atoms with Crippen LogP contribution in [-0.4, -0.2) is 116 Å². The molecule has 226 valence electrons. The predicted octanol–water partition coefficient (Wildman–Crippen LogP) is 8.68. The van der Waals surface area contributed by atoms with E-state index in [-0.39, 0.29) is 0 Å². The van der Waals surface area contributed by atoms with Gasteiger partial charge in [-0.3, -0.25) is 0 Å². The van der Waals surface area contributed by atoms with E-state index in [9.17, 15) is 0 Å². The van der Waals surface area contributed by atoms with Crippen LogP contribution in [0.3, 0.4) is 0 Å². The Balaban J connectivity index is 4.22. The van der Waals surface area contributed by atoms with Crippen molar-refractivity contribution < 1.29 is 0 Å². The molecule has 4 nitrogen and oxygen atoms in total. The summed E-state index contributed by atoms with van der Waals surface area (Å²) in [5.74, 6) is 0. The topological polar surface area (TPSA) is 13.0 Å². The molecular formula is C24H70N4Si8Sn2. The molecule has 0 unspecified atom stereocenters. The van der Waals surface area contributed by atoms with Crippen LogP contribution in [-0.2, 0) is 0 Å². The quantitative estimate of drug-likeness (QED) is 0.227. The number of hydrogen-bond donors (Lipinski definition) is 0. The normalized spacial score (nSPS) is 22.7. The summed E-state index contributed by atoms with van der Waals surface area (Å²) in [6, 6.07) is 0. The molecule has 1 aliphatic heterocycles. The third-order valence-corrected chi connectivity index (χ3v) is 121. The van der Waals surface area contributed by atoms with Crippen molar-refractivity contribution >= 4 is 106 Å². The second-order valence-corrected chi connectivity index (χ2v) is 84.7. The summed E-state index contributed by atoms with van der Waals surface area (Å²) in [7, 11) is -11.9. The summed E-state index contributed by atoms with van der Waals surface area (Å²) in [4.78, 5) is 0. The molecule has 0 aliphatic carbocycles. The van der Waals surface area contributed by atoms with Gasteiger partial charge in [0.05, 0.1) is 0 Å². The molecule has 2 radical (unpaired) electrons. The SMILES string of the molecule is C[Si](C)(C)[N]([Sn]1[CH2][Si](C)(C)[N]([Si](C)(C)C)[Sn]([N]([Si](C)(C)C)[Si](C)(C)C)[CH2][Si](C)(C)[N]1[Si](C)(C)C)[Si](C)(C)C. The molecule has 0 N–H and O–H groups in total. The second-order valence-electron chi connectivity index (χ2n) is 19.2. The molecule has 1 heterocycles. The van der Waals surface area contributed by atoms with Crippen LogP contribution in [0.2, 0.25) is 152 Å². The number of nitrogens with zero attached hydrogens (tertiary/aromatic N) is 4. The Bertz CT molecular complexity index is 722. The molecule has 0 spiro atoms. The van der Waals surface area contributed by atoms with E-state index in [0.29, 0.717) is 0 Å². The Morgan fingerprint density at radius 1 is 0.421 bits per heavy atom. The molecule has 38 heavy (non-hydrogen) atoms. The van der Waals surface area contributed by atoms with Crippen LogP contribution in [0.4, 0.5) is 0 Å². The van der Waals surface area contributed by atoms with Gasteiger partial charge in [0.2, 0.25) is 0 Å². The van der Waals surface area contributed by atoms with Crippen molar-refractivity contribution in [3.05, 3.63) is 0 Å². The van der Waals surface area contributed by atoms with Crippen molar-refractivity contribution in [3.63, 3.8) is 0 Å². The first-order valence-corrected chi connectivity index (χ1v) is 51.2. The van der Waals surface area contributed by atoms with Gasteiger partial charge in [-0.1, -0.05) is 0 Å². The molecule has 0 amide bonds. The zero-order chi connectivity index (χ0) is 30.9. The second kappa shape index (κ2) is 12.2. The number of hydrogen-bond acceptors (Lipinski definition) is 4. The summed E-state index contributed by atoms with van der Waals surface area (Å²) < 4.78 is 17.4. The first-order chi connectivity index (χ1) is 16.2. The van der Waals surface area contributed by atoms with E-state index in [2.05, 4.69) is 154 Å². The van der Waals surface area contributed by atoms with Crippen molar-refractivity contribution in [2.24, 2.45) is 0 Å². The molecule has 0 aromatic carbocycles. The summed E-state index contributed by atoms with van der Waals surface area (Å²) in [6.45, 7) is 60.5. The molecule has 0 bridgehead atoms. The van der Waals surface area contributed by atoms with Crippen molar-refractivity contribution in [2.45, 2.75) is 152 Å². The van der Waals surface area contributed by atoms with E-state index in [1.807, 2.05) is 0 Å². The molecule has 1 saturated heterocycles. The summed E-state index contributed by atoms with van der Waals surface area (Å²) in [6.07, 6.45) is 0. The van der Waals surface area contributed by atoms with E-state index in [1.54, 1.807) is 8.12 Å². The Morgan fingerprint density at radius 2 is 0.605 bits per heavy atom. The van der Waals surface area contributed by atoms with Crippen LogP contribution < -0.4 is 0 Å². The monoisotopic (exact) mass is 878 g/mol. The average Bonchev–Trinajstić information content (AvgIpc) is 2.42. The molecule has 0 aromatic rings. The van der Waals surface area contributed by atoms with Crippen molar-refractivity contribution in [1.29, 1.82) is 0 Å². The maximum absolute atomic E-state index is 3.57. The van der Waals surface area contributed by atoms with Crippen LogP contribution >= 0.6 is 0 Å². The third-order valence-electron chi connectivity index (χ3n) is 7.45. The first kappa shape index (κ1) is 39.2. The van der Waals surface area contributed by atoms with Gasteiger partial charge in [-0.05, 0) is 0 Å². The Hall–Kier alpha value is 3.17. The van der Waals surface area contributed by atoms with Crippen LogP contribution in [0, 0.1) is 0 Å². The Kier molecular flexibility index (Phi) is 12.6. The van der Waals surface area contributed by atoms with Crippen LogP contribution in [0.15, 0.2) is 0 Å². The van der Waals surface area contributed by atoms with Crippen molar-refractivity contribution in [1.82, 2.24) is 9.81 Å². The zero-order valence-corrected chi connectivity index (χ0v) is 43.9. The Labute approximate surface area is 265 Å². The van der Waals surface area contributed by atoms with Gasteiger partial charge in [-0.25, -0.2) is 0 Å². The molecular weight excluding hydrogens is 806 g/mol. The molecule has 14 heteroatoms. The molecule has 1 aliphatic rings. The summed E-state index contributed by atoms with van der Waals surface area (Å²) in [5.41, 5.74) is 0. The molecule has 1 fully saturated rings. The predicted molar refractivity (Wildman–Crippen MR) is 204 cm³/mol. The van der Waals surface area contributed by atoms with E-state index in [4.69, 9.17) is 0 Å². The van der Waals surface area contributed by atoms with Crippen molar-refractivity contribution in [3.8, 4) is 0 Å². The van der Waals surface area contributed by atoms with Crippen LogP contribution in [0.5, 0.6) is 0 Å². The van der Waals surface area contributed by atoms with E-state index in [0.717, 1.165) is 0 Å². The van der Waals surface area contributed by atoms with Crippen molar-refractivity contribution in [2.75, 3.05) is 0 Å². The minimum absolute atomic E-state index is 1.44. The molecule has 1 rings (SSSR count). The summed E-state index contributed by atoms with van der Waals surface area (Å²) >= 11 is -4.28. The van der Waals surface area contributed by atoms with E-state index in [1.165, 1.54) is 0 Å². The fourth-order valence-electron chi connectivity index (χ4n) is 8.30. The standard InChI is InChI=1S/2C6H18NSi2.2C6H17NSi2.2Sn/c4*1-8(2,3)7-9(4,5)6;;/h2*1-6H3;2*1H2,2-6H3;;/q4*-1;2*+2. The maximum atomic E-state index is 3.57. The first-order valence-electron chi connectivity index (χ1n) is 15.1.